The van der Waals surface area contributed by atoms with Gasteiger partial charge in [0.25, 0.3) is 5.56 Å². The number of amides is 2. The number of aromatic nitrogens is 2. The van der Waals surface area contributed by atoms with Gasteiger partial charge in [0.1, 0.15) is 5.76 Å². The molecule has 2 amide bonds. The molecule has 3 N–H and O–H groups in total. The number of hydrogen-bond acceptors (Lipinski definition) is 4. The van der Waals surface area contributed by atoms with Gasteiger partial charge in [0.05, 0.1) is 24.5 Å². The van der Waals surface area contributed by atoms with E-state index in [4.69, 9.17) is 4.42 Å². The Bertz CT molecular complexity index is 809. The number of furan rings is 1. The molecule has 2 aromatic rings. The Kier molecular flexibility index (Phi) is 5.21. The van der Waals surface area contributed by atoms with E-state index in [0.29, 0.717) is 12.0 Å². The molecule has 1 aliphatic carbocycles. The third kappa shape index (κ3) is 3.60. The van der Waals surface area contributed by atoms with E-state index in [1.165, 1.54) is 0 Å². The first kappa shape index (κ1) is 17.3. The Morgan fingerprint density at radius 3 is 2.96 bits per heavy atom. The summed E-state index contributed by atoms with van der Waals surface area (Å²) >= 11 is 0. The van der Waals surface area contributed by atoms with Crippen LogP contribution in [0, 0.1) is 0 Å². The van der Waals surface area contributed by atoms with E-state index >= 15 is 0 Å². The average molecular weight is 344 g/mol. The molecule has 0 aliphatic heterocycles. The van der Waals surface area contributed by atoms with Gasteiger partial charge in [-0.3, -0.25) is 4.79 Å². The Morgan fingerprint density at radius 1 is 1.36 bits per heavy atom. The Balaban J connectivity index is 1.67. The van der Waals surface area contributed by atoms with Gasteiger partial charge in [-0.15, -0.1) is 0 Å². The van der Waals surface area contributed by atoms with Gasteiger partial charge in [-0.05, 0) is 37.3 Å². The fourth-order valence-corrected chi connectivity index (χ4v) is 3.48. The van der Waals surface area contributed by atoms with Gasteiger partial charge < -0.3 is 15.1 Å². The van der Waals surface area contributed by atoms with Crippen molar-refractivity contribution in [1.29, 1.82) is 0 Å². The minimum atomic E-state index is -0.282. The van der Waals surface area contributed by atoms with E-state index in [2.05, 4.69) is 20.8 Å². The summed E-state index contributed by atoms with van der Waals surface area (Å²) in [5, 5.41) is 12.4. The maximum atomic E-state index is 12.3. The number of nitrogens with one attached hydrogen (secondary N) is 3. The van der Waals surface area contributed by atoms with Gasteiger partial charge in [0, 0.05) is 17.5 Å². The van der Waals surface area contributed by atoms with Crippen LogP contribution in [0.2, 0.25) is 0 Å². The van der Waals surface area contributed by atoms with E-state index in [1.807, 2.05) is 19.9 Å². The monoisotopic (exact) mass is 344 g/mol. The van der Waals surface area contributed by atoms with Crippen molar-refractivity contribution < 1.29 is 9.21 Å². The zero-order valence-electron chi connectivity index (χ0n) is 14.6. The van der Waals surface area contributed by atoms with Crippen molar-refractivity contribution in [2.75, 3.05) is 0 Å². The van der Waals surface area contributed by atoms with Gasteiger partial charge in [-0.1, -0.05) is 13.8 Å². The highest BCUT2D eigenvalue weighted by atomic mass is 16.3. The molecule has 25 heavy (non-hydrogen) atoms. The molecule has 0 unspecified atom stereocenters. The van der Waals surface area contributed by atoms with Gasteiger partial charge in [-0.2, -0.15) is 5.10 Å². The third-order valence-electron chi connectivity index (χ3n) is 4.75. The topological polar surface area (TPSA) is 100 Å². The molecule has 7 heteroatoms. The summed E-state index contributed by atoms with van der Waals surface area (Å²) in [5.41, 5.74) is 3.17. The van der Waals surface area contributed by atoms with E-state index in [1.54, 1.807) is 6.26 Å². The van der Waals surface area contributed by atoms with Crippen LogP contribution in [0.15, 0.2) is 21.5 Å². The highest BCUT2D eigenvalue weighted by molar-refractivity contribution is 5.74. The lowest BCUT2D eigenvalue weighted by molar-refractivity contribution is 0.234. The molecular weight excluding hydrogens is 320 g/mol. The molecule has 3 rings (SSSR count). The largest absolute Gasteiger partial charge is 0.469 e. The van der Waals surface area contributed by atoms with Crippen molar-refractivity contribution in [2.45, 2.75) is 58.5 Å². The average Bonchev–Trinajstić information content (AvgIpc) is 3.10. The first-order chi connectivity index (χ1) is 12.1. The predicted molar refractivity (Wildman–Crippen MR) is 93.4 cm³/mol. The number of carbonyl (C=O) groups excluding carboxylic acids is 1. The highest BCUT2D eigenvalue weighted by Crippen LogP contribution is 2.30. The van der Waals surface area contributed by atoms with E-state index in [-0.39, 0.29) is 24.2 Å². The summed E-state index contributed by atoms with van der Waals surface area (Å²) in [5.74, 6) is 0.947. The zero-order valence-corrected chi connectivity index (χ0v) is 14.6. The minimum absolute atomic E-state index is 0.0462. The van der Waals surface area contributed by atoms with E-state index in [0.717, 1.165) is 48.3 Å². The molecule has 0 bridgehead atoms. The van der Waals surface area contributed by atoms with Crippen molar-refractivity contribution in [2.24, 2.45) is 0 Å². The number of fused-ring (bicyclic) bond motifs is 1. The van der Waals surface area contributed by atoms with Crippen LogP contribution in [-0.4, -0.2) is 16.2 Å². The van der Waals surface area contributed by atoms with Crippen LogP contribution in [0.1, 0.15) is 60.9 Å². The zero-order chi connectivity index (χ0) is 17.8. The second-order valence-corrected chi connectivity index (χ2v) is 6.23. The van der Waals surface area contributed by atoms with Gasteiger partial charge in [0.15, 0.2) is 0 Å². The lowest BCUT2D eigenvalue weighted by atomic mass is 9.93. The first-order valence-corrected chi connectivity index (χ1v) is 8.83. The van der Waals surface area contributed by atoms with Crippen molar-refractivity contribution in [3.63, 3.8) is 0 Å². The molecule has 0 saturated carbocycles. The number of rotatable bonds is 5. The summed E-state index contributed by atoms with van der Waals surface area (Å²) in [6.07, 6.45) is 5.89. The number of aryl methyl sites for hydroxylation is 2. The van der Waals surface area contributed by atoms with Crippen molar-refractivity contribution >= 4 is 6.03 Å². The molecule has 0 aromatic carbocycles. The third-order valence-corrected chi connectivity index (χ3v) is 4.75. The molecule has 134 valence electrons. The first-order valence-electron chi connectivity index (χ1n) is 8.83. The lowest BCUT2D eigenvalue weighted by Crippen LogP contribution is -2.39. The molecule has 0 spiro atoms. The molecule has 1 atom stereocenters. The Labute approximate surface area is 146 Å². The standard InChI is InChI=1S/C18H24N4O3/c1-3-11-13(17(23)22-21-14(11)4-2)10-19-18(24)20-15-6-5-7-16-12(15)8-9-25-16/h8-9,15H,3-7,10H2,1-2H3,(H,22,23)(H2,19,20,24)/t15-/m0/s1. The predicted octanol–water partition coefficient (Wildman–Crippen LogP) is 2.36. The number of carbonyl (C=O) groups is 1. The van der Waals surface area contributed by atoms with Crippen LogP contribution in [-0.2, 0) is 25.8 Å². The van der Waals surface area contributed by atoms with Crippen LogP contribution in [0.5, 0.6) is 0 Å². The van der Waals surface area contributed by atoms with Gasteiger partial charge in [-0.25, -0.2) is 9.89 Å². The fourth-order valence-electron chi connectivity index (χ4n) is 3.48. The van der Waals surface area contributed by atoms with Crippen LogP contribution in [0.3, 0.4) is 0 Å². The number of urea groups is 1. The molecule has 7 nitrogen and oxygen atoms in total. The summed E-state index contributed by atoms with van der Waals surface area (Å²) in [6.45, 7) is 4.17. The second kappa shape index (κ2) is 7.55. The van der Waals surface area contributed by atoms with Crippen molar-refractivity contribution in [1.82, 2.24) is 20.8 Å². The lowest BCUT2D eigenvalue weighted by Gasteiger charge is -2.23. The molecule has 0 fully saturated rings. The fraction of sp³-hybridized carbons (Fsp3) is 0.500. The summed E-state index contributed by atoms with van der Waals surface area (Å²) in [6, 6.07) is 1.58. The van der Waals surface area contributed by atoms with Gasteiger partial charge in [0.2, 0.25) is 0 Å². The maximum absolute atomic E-state index is 12.3. The summed E-state index contributed by atoms with van der Waals surface area (Å²) < 4.78 is 5.44. The minimum Gasteiger partial charge on any atom is -0.469 e. The number of H-pyrrole nitrogens is 1. The number of hydrogen-bond donors (Lipinski definition) is 3. The molecular formula is C18H24N4O3. The van der Waals surface area contributed by atoms with Crippen LogP contribution < -0.4 is 16.2 Å². The van der Waals surface area contributed by atoms with Crippen LogP contribution in [0.25, 0.3) is 0 Å². The van der Waals surface area contributed by atoms with Crippen molar-refractivity contribution in [3.05, 3.63) is 50.8 Å². The van der Waals surface area contributed by atoms with Gasteiger partial charge >= 0.3 is 6.03 Å². The van der Waals surface area contributed by atoms with E-state index < -0.39 is 0 Å². The van der Waals surface area contributed by atoms with Crippen LogP contribution >= 0.6 is 0 Å². The second-order valence-electron chi connectivity index (χ2n) is 6.23. The number of nitrogens with zero attached hydrogens (tertiary/aromatic N) is 1. The molecule has 0 radical (unpaired) electrons. The molecule has 2 aromatic heterocycles. The Hall–Kier alpha value is -2.57. The molecule has 0 saturated heterocycles. The highest BCUT2D eigenvalue weighted by Gasteiger charge is 2.24. The normalized spacial score (nSPS) is 16.3. The molecule has 1 aliphatic rings. The summed E-state index contributed by atoms with van der Waals surface area (Å²) in [7, 11) is 0. The summed E-state index contributed by atoms with van der Waals surface area (Å²) in [4.78, 5) is 24.4. The number of aromatic amines is 1. The maximum Gasteiger partial charge on any atom is 0.315 e. The van der Waals surface area contributed by atoms with Crippen molar-refractivity contribution in [3.8, 4) is 0 Å². The molecule has 2 heterocycles. The SMILES string of the molecule is CCc1n[nH]c(=O)c(CNC(=O)N[C@H]2CCCc3occc32)c1CC. The van der Waals surface area contributed by atoms with E-state index in [9.17, 15) is 9.59 Å². The van der Waals surface area contributed by atoms with Crippen LogP contribution in [0.4, 0.5) is 4.79 Å². The quantitative estimate of drug-likeness (QED) is 0.775. The smallest absolute Gasteiger partial charge is 0.315 e. The Morgan fingerprint density at radius 2 is 2.20 bits per heavy atom.